The third kappa shape index (κ3) is 1.55. The molecule has 1 aromatic heterocycles. The van der Waals surface area contributed by atoms with E-state index in [2.05, 4.69) is 6.07 Å². The molecule has 0 aromatic carbocycles. The van der Waals surface area contributed by atoms with Crippen LogP contribution in [0.25, 0.3) is 0 Å². The minimum Gasteiger partial charge on any atom is -0.387 e. The van der Waals surface area contributed by atoms with Crippen LogP contribution in [-0.2, 0) is 4.74 Å². The highest BCUT2D eigenvalue weighted by atomic mass is 32.1. The summed E-state index contributed by atoms with van der Waals surface area (Å²) in [6.07, 6.45) is 1.96. The van der Waals surface area contributed by atoms with Gasteiger partial charge >= 0.3 is 0 Å². The van der Waals surface area contributed by atoms with Gasteiger partial charge in [0.05, 0.1) is 18.3 Å². The Morgan fingerprint density at radius 3 is 2.78 bits per heavy atom. The number of ether oxygens (including phenoxy) is 1. The third-order valence-corrected chi connectivity index (χ3v) is 5.30. The fourth-order valence-electron chi connectivity index (χ4n) is 3.41. The molecule has 0 amide bonds. The summed E-state index contributed by atoms with van der Waals surface area (Å²) in [5, 5.41) is 20.3. The SMILES string of the molecule is Cc1cc(C(O)C2(C#N)CC3CCC2O3)c(C)s1. The van der Waals surface area contributed by atoms with Gasteiger partial charge in [-0.1, -0.05) is 0 Å². The van der Waals surface area contributed by atoms with Crippen molar-refractivity contribution in [1.82, 2.24) is 0 Å². The summed E-state index contributed by atoms with van der Waals surface area (Å²) in [5.74, 6) is 0. The number of aryl methyl sites for hydroxylation is 2. The Hall–Kier alpha value is -0.890. The Labute approximate surface area is 111 Å². The molecule has 3 rings (SSSR count). The van der Waals surface area contributed by atoms with Crippen LogP contribution in [0.1, 0.15) is 40.7 Å². The summed E-state index contributed by atoms with van der Waals surface area (Å²) in [6.45, 7) is 4.04. The van der Waals surface area contributed by atoms with Crippen LogP contribution in [0.4, 0.5) is 0 Å². The molecule has 18 heavy (non-hydrogen) atoms. The first-order valence-electron chi connectivity index (χ1n) is 6.38. The van der Waals surface area contributed by atoms with Crippen LogP contribution in [0.5, 0.6) is 0 Å². The van der Waals surface area contributed by atoms with E-state index in [4.69, 9.17) is 4.74 Å². The Balaban J connectivity index is 1.98. The molecule has 2 bridgehead atoms. The number of thiophene rings is 1. The summed E-state index contributed by atoms with van der Waals surface area (Å²) < 4.78 is 5.79. The normalized spacial score (nSPS) is 35.7. The van der Waals surface area contributed by atoms with E-state index >= 15 is 0 Å². The number of rotatable bonds is 2. The molecule has 4 unspecified atom stereocenters. The lowest BCUT2D eigenvalue weighted by atomic mass is 9.69. The third-order valence-electron chi connectivity index (χ3n) is 4.32. The number of nitrogens with zero attached hydrogens (tertiary/aromatic N) is 1. The van der Waals surface area contributed by atoms with Gasteiger partial charge in [0.15, 0.2) is 0 Å². The van der Waals surface area contributed by atoms with Crippen LogP contribution in [0.2, 0.25) is 0 Å². The highest BCUT2D eigenvalue weighted by Gasteiger charge is 2.57. The van der Waals surface area contributed by atoms with Crippen LogP contribution in [-0.4, -0.2) is 17.3 Å². The Kier molecular flexibility index (Phi) is 2.74. The predicted octanol–water partition coefficient (Wildman–Crippen LogP) is 2.86. The maximum absolute atomic E-state index is 10.7. The van der Waals surface area contributed by atoms with Crippen molar-refractivity contribution in [3.63, 3.8) is 0 Å². The minimum absolute atomic E-state index is 0.0953. The smallest absolute Gasteiger partial charge is 0.116 e. The standard InChI is InChI=1S/C14H17NO2S/c1-8-5-11(9(2)18-8)13(16)14(7-15)6-10-3-4-12(14)17-10/h5,10,12-13,16H,3-4,6H2,1-2H3. The molecule has 0 saturated carbocycles. The molecule has 3 nitrogen and oxygen atoms in total. The van der Waals surface area contributed by atoms with Crippen molar-refractivity contribution in [2.24, 2.45) is 5.41 Å². The van der Waals surface area contributed by atoms with Crippen LogP contribution in [0, 0.1) is 30.6 Å². The average molecular weight is 263 g/mol. The molecule has 2 fully saturated rings. The zero-order valence-electron chi connectivity index (χ0n) is 10.6. The van der Waals surface area contributed by atoms with Gasteiger partial charge in [0, 0.05) is 9.75 Å². The first kappa shape index (κ1) is 12.2. The minimum atomic E-state index is -0.735. The lowest BCUT2D eigenvalue weighted by Gasteiger charge is -2.33. The maximum Gasteiger partial charge on any atom is 0.116 e. The van der Waals surface area contributed by atoms with E-state index in [9.17, 15) is 10.4 Å². The largest absolute Gasteiger partial charge is 0.387 e. The van der Waals surface area contributed by atoms with E-state index in [1.165, 1.54) is 4.88 Å². The van der Waals surface area contributed by atoms with E-state index in [1.807, 2.05) is 19.9 Å². The molecule has 4 atom stereocenters. The lowest BCUT2D eigenvalue weighted by Crippen LogP contribution is -2.37. The van der Waals surface area contributed by atoms with E-state index in [-0.39, 0.29) is 12.2 Å². The Morgan fingerprint density at radius 2 is 2.33 bits per heavy atom. The molecule has 0 radical (unpaired) electrons. The molecule has 1 aromatic rings. The first-order chi connectivity index (χ1) is 8.56. The zero-order chi connectivity index (χ0) is 12.9. The number of nitriles is 1. The topological polar surface area (TPSA) is 53.2 Å². The molecule has 4 heteroatoms. The van der Waals surface area contributed by atoms with Gasteiger partial charge in [-0.15, -0.1) is 11.3 Å². The Morgan fingerprint density at radius 1 is 1.56 bits per heavy atom. The second kappa shape index (κ2) is 4.06. The van der Waals surface area contributed by atoms with Crippen molar-refractivity contribution in [1.29, 1.82) is 5.26 Å². The van der Waals surface area contributed by atoms with Gasteiger partial charge in [0.1, 0.15) is 11.5 Å². The molecule has 1 N–H and O–H groups in total. The number of aliphatic hydroxyl groups excluding tert-OH is 1. The van der Waals surface area contributed by atoms with E-state index in [0.717, 1.165) is 23.3 Å². The summed E-state index contributed by atoms with van der Waals surface area (Å²) in [6, 6.07) is 4.38. The molecule has 2 aliphatic rings. The predicted molar refractivity (Wildman–Crippen MR) is 69.3 cm³/mol. The van der Waals surface area contributed by atoms with Crippen LogP contribution < -0.4 is 0 Å². The summed E-state index contributed by atoms with van der Waals surface area (Å²) in [7, 11) is 0. The molecule has 0 spiro atoms. The number of fused-ring (bicyclic) bond motifs is 2. The zero-order valence-corrected chi connectivity index (χ0v) is 11.5. The Bertz CT molecular complexity index is 518. The van der Waals surface area contributed by atoms with Crippen molar-refractivity contribution in [2.45, 2.75) is 51.4 Å². The summed E-state index contributed by atoms with van der Waals surface area (Å²) >= 11 is 1.68. The van der Waals surface area contributed by atoms with Crippen molar-refractivity contribution in [2.75, 3.05) is 0 Å². The second-order valence-corrected chi connectivity index (χ2v) is 6.91. The van der Waals surface area contributed by atoms with E-state index < -0.39 is 11.5 Å². The molecule has 0 aliphatic carbocycles. The van der Waals surface area contributed by atoms with Gasteiger partial charge in [-0.25, -0.2) is 0 Å². The monoisotopic (exact) mass is 263 g/mol. The van der Waals surface area contributed by atoms with E-state index in [1.54, 1.807) is 11.3 Å². The van der Waals surface area contributed by atoms with Gasteiger partial charge in [-0.2, -0.15) is 5.26 Å². The van der Waals surface area contributed by atoms with Crippen LogP contribution >= 0.6 is 11.3 Å². The molecular formula is C14H17NO2S. The number of hydrogen-bond donors (Lipinski definition) is 1. The molecule has 2 saturated heterocycles. The van der Waals surface area contributed by atoms with Gasteiger partial charge in [0.25, 0.3) is 0 Å². The van der Waals surface area contributed by atoms with Crippen molar-refractivity contribution in [3.8, 4) is 6.07 Å². The quantitative estimate of drug-likeness (QED) is 0.892. The van der Waals surface area contributed by atoms with Crippen LogP contribution in [0.15, 0.2) is 6.07 Å². The van der Waals surface area contributed by atoms with Gasteiger partial charge in [-0.3, -0.25) is 0 Å². The molecule has 3 heterocycles. The van der Waals surface area contributed by atoms with Gasteiger partial charge < -0.3 is 9.84 Å². The van der Waals surface area contributed by atoms with Crippen molar-refractivity contribution >= 4 is 11.3 Å². The summed E-state index contributed by atoms with van der Waals surface area (Å²) in [5.41, 5.74) is 0.177. The number of aliphatic hydroxyl groups is 1. The van der Waals surface area contributed by atoms with Gasteiger partial charge in [0.2, 0.25) is 0 Å². The van der Waals surface area contributed by atoms with Gasteiger partial charge in [-0.05, 0) is 44.7 Å². The fourth-order valence-corrected chi connectivity index (χ4v) is 4.37. The van der Waals surface area contributed by atoms with Crippen molar-refractivity contribution < 1.29 is 9.84 Å². The second-order valence-electron chi connectivity index (χ2n) is 5.45. The highest BCUT2D eigenvalue weighted by molar-refractivity contribution is 7.12. The highest BCUT2D eigenvalue weighted by Crippen LogP contribution is 2.54. The molecular weight excluding hydrogens is 246 g/mol. The summed E-state index contributed by atoms with van der Waals surface area (Å²) in [4.78, 5) is 2.29. The van der Waals surface area contributed by atoms with E-state index in [0.29, 0.717) is 6.42 Å². The average Bonchev–Trinajstić information content (AvgIpc) is 3.02. The first-order valence-corrected chi connectivity index (χ1v) is 7.20. The fraction of sp³-hybridized carbons (Fsp3) is 0.643. The van der Waals surface area contributed by atoms with Crippen LogP contribution in [0.3, 0.4) is 0 Å². The lowest BCUT2D eigenvalue weighted by molar-refractivity contribution is 0.00335. The molecule has 2 aliphatic heterocycles. The number of hydrogen-bond acceptors (Lipinski definition) is 4. The van der Waals surface area contributed by atoms with Crippen molar-refractivity contribution in [3.05, 3.63) is 21.4 Å². The molecule has 96 valence electrons. The maximum atomic E-state index is 10.7.